The van der Waals surface area contributed by atoms with Crippen molar-refractivity contribution in [2.45, 2.75) is 24.8 Å². The van der Waals surface area contributed by atoms with Crippen LogP contribution in [0.2, 0.25) is 0 Å². The quantitative estimate of drug-likeness (QED) is 0.816. The fourth-order valence-corrected chi connectivity index (χ4v) is 3.00. The van der Waals surface area contributed by atoms with Gasteiger partial charge in [0.25, 0.3) is 9.05 Å². The van der Waals surface area contributed by atoms with Gasteiger partial charge < -0.3 is 9.30 Å². The minimum atomic E-state index is -4.10. The zero-order valence-electron chi connectivity index (χ0n) is 11.3. The summed E-state index contributed by atoms with van der Waals surface area (Å²) in [6.07, 6.45) is 1.26. The number of benzene rings is 1. The predicted molar refractivity (Wildman–Crippen MR) is 78.2 cm³/mol. The average Bonchev–Trinajstić information content (AvgIpc) is 2.36. The van der Waals surface area contributed by atoms with Crippen LogP contribution in [0.3, 0.4) is 0 Å². The van der Waals surface area contributed by atoms with Gasteiger partial charge >= 0.3 is 0 Å². The van der Waals surface area contributed by atoms with Crippen molar-refractivity contribution in [1.82, 2.24) is 4.57 Å². The zero-order valence-corrected chi connectivity index (χ0v) is 12.8. The van der Waals surface area contributed by atoms with Crippen LogP contribution in [-0.2, 0) is 9.05 Å². The highest BCUT2D eigenvalue weighted by atomic mass is 35.7. The van der Waals surface area contributed by atoms with Gasteiger partial charge in [-0.1, -0.05) is 6.07 Å². The summed E-state index contributed by atoms with van der Waals surface area (Å²) in [6, 6.07) is 4.85. The van der Waals surface area contributed by atoms with E-state index in [4.69, 9.17) is 15.4 Å². The SMILES string of the molecule is COc1cccc2c(=O)c(S(=O)(=O)Cl)cn(C(C)C)c12. The Morgan fingerprint density at radius 2 is 1.95 bits per heavy atom. The fraction of sp³-hybridized carbons (Fsp3) is 0.308. The van der Waals surface area contributed by atoms with E-state index in [0.29, 0.717) is 11.3 Å². The van der Waals surface area contributed by atoms with Gasteiger partial charge in [0.1, 0.15) is 10.6 Å². The van der Waals surface area contributed by atoms with Crippen molar-refractivity contribution in [2.75, 3.05) is 7.11 Å². The molecule has 0 fully saturated rings. The molecule has 0 radical (unpaired) electrons. The molecule has 0 saturated heterocycles. The van der Waals surface area contributed by atoms with E-state index < -0.39 is 19.4 Å². The number of nitrogens with zero attached hydrogens (tertiary/aromatic N) is 1. The van der Waals surface area contributed by atoms with Gasteiger partial charge in [-0.3, -0.25) is 4.79 Å². The summed E-state index contributed by atoms with van der Waals surface area (Å²) in [5, 5.41) is 0.264. The molecule has 20 heavy (non-hydrogen) atoms. The summed E-state index contributed by atoms with van der Waals surface area (Å²) in [5.74, 6) is 0.506. The third-order valence-electron chi connectivity index (χ3n) is 3.02. The minimum absolute atomic E-state index is 0.0634. The van der Waals surface area contributed by atoms with Crippen molar-refractivity contribution in [2.24, 2.45) is 0 Å². The molecular weight excluding hydrogens is 302 g/mol. The lowest BCUT2D eigenvalue weighted by atomic mass is 10.1. The molecule has 0 saturated carbocycles. The number of hydrogen-bond donors (Lipinski definition) is 0. The molecule has 0 aliphatic carbocycles. The zero-order chi connectivity index (χ0) is 15.1. The first-order valence-electron chi connectivity index (χ1n) is 5.94. The lowest BCUT2D eigenvalue weighted by molar-refractivity contribution is 0.415. The average molecular weight is 316 g/mol. The van der Waals surface area contributed by atoms with Crippen molar-refractivity contribution in [1.29, 1.82) is 0 Å². The highest BCUT2D eigenvalue weighted by Gasteiger charge is 2.21. The van der Waals surface area contributed by atoms with E-state index in [-0.39, 0.29) is 11.4 Å². The molecule has 5 nitrogen and oxygen atoms in total. The molecule has 0 N–H and O–H groups in total. The van der Waals surface area contributed by atoms with Crippen LogP contribution in [0.25, 0.3) is 10.9 Å². The van der Waals surface area contributed by atoms with Crippen molar-refractivity contribution in [3.05, 3.63) is 34.6 Å². The van der Waals surface area contributed by atoms with E-state index in [9.17, 15) is 13.2 Å². The Morgan fingerprint density at radius 3 is 2.45 bits per heavy atom. The first-order valence-corrected chi connectivity index (χ1v) is 8.24. The second-order valence-corrected chi connectivity index (χ2v) is 7.15. The molecule has 2 rings (SSSR count). The molecule has 1 aromatic heterocycles. The van der Waals surface area contributed by atoms with Crippen LogP contribution in [0, 0.1) is 0 Å². The Bertz CT molecular complexity index is 824. The number of hydrogen-bond acceptors (Lipinski definition) is 4. The standard InChI is InChI=1S/C13H14ClNO4S/c1-8(2)15-7-11(20(14,17)18)13(16)9-5-4-6-10(19-3)12(9)15/h4-8H,1-3H3. The molecule has 1 heterocycles. The van der Waals surface area contributed by atoms with Crippen LogP contribution < -0.4 is 10.2 Å². The number of para-hydroxylation sites is 1. The number of pyridine rings is 1. The van der Waals surface area contributed by atoms with E-state index in [1.54, 1.807) is 22.8 Å². The van der Waals surface area contributed by atoms with Gasteiger partial charge in [0.2, 0.25) is 5.43 Å². The fourth-order valence-electron chi connectivity index (χ4n) is 2.10. The van der Waals surface area contributed by atoms with Gasteiger partial charge in [-0.15, -0.1) is 0 Å². The molecule has 108 valence electrons. The van der Waals surface area contributed by atoms with Crippen molar-refractivity contribution in [3.63, 3.8) is 0 Å². The first kappa shape index (κ1) is 14.9. The normalized spacial score (nSPS) is 12.1. The summed E-state index contributed by atoms with van der Waals surface area (Å²) in [5.41, 5.74) is -0.0649. The monoisotopic (exact) mass is 315 g/mol. The molecular formula is C13H14ClNO4S. The molecule has 1 aromatic carbocycles. The summed E-state index contributed by atoms with van der Waals surface area (Å²) in [7, 11) is 2.74. The molecule has 0 atom stereocenters. The second kappa shape index (κ2) is 5.10. The largest absolute Gasteiger partial charge is 0.495 e. The smallest absolute Gasteiger partial charge is 0.266 e. The highest BCUT2D eigenvalue weighted by molar-refractivity contribution is 8.13. The van der Waals surface area contributed by atoms with Crippen molar-refractivity contribution in [3.8, 4) is 5.75 Å². The number of methoxy groups -OCH3 is 1. The Balaban J connectivity index is 3.07. The van der Waals surface area contributed by atoms with E-state index in [0.717, 1.165) is 0 Å². The second-order valence-electron chi connectivity index (χ2n) is 4.62. The van der Waals surface area contributed by atoms with Crippen molar-refractivity contribution >= 4 is 30.6 Å². The molecule has 0 bridgehead atoms. The van der Waals surface area contributed by atoms with Crippen LogP contribution in [0.4, 0.5) is 0 Å². The maximum absolute atomic E-state index is 12.3. The predicted octanol–water partition coefficient (Wildman–Crippen LogP) is 2.52. The van der Waals surface area contributed by atoms with Gasteiger partial charge in [0.15, 0.2) is 0 Å². The summed E-state index contributed by atoms with van der Waals surface area (Å²) >= 11 is 0. The number of fused-ring (bicyclic) bond motifs is 1. The Labute approximate surface area is 121 Å². The van der Waals surface area contributed by atoms with E-state index in [2.05, 4.69) is 0 Å². The molecule has 0 unspecified atom stereocenters. The highest BCUT2D eigenvalue weighted by Crippen LogP contribution is 2.27. The van der Waals surface area contributed by atoms with Gasteiger partial charge in [-0.05, 0) is 26.0 Å². The molecule has 0 spiro atoms. The lowest BCUT2D eigenvalue weighted by Crippen LogP contribution is -2.18. The van der Waals surface area contributed by atoms with Crippen molar-refractivity contribution < 1.29 is 13.2 Å². The van der Waals surface area contributed by atoms with Crippen LogP contribution in [-0.4, -0.2) is 20.1 Å². The maximum Gasteiger partial charge on any atom is 0.266 e. The summed E-state index contributed by atoms with van der Waals surface area (Å²) < 4.78 is 30.0. The summed E-state index contributed by atoms with van der Waals surface area (Å²) in [4.78, 5) is 11.9. The Kier molecular flexibility index (Phi) is 3.80. The lowest BCUT2D eigenvalue weighted by Gasteiger charge is -2.18. The number of rotatable bonds is 3. The van der Waals surface area contributed by atoms with E-state index in [1.165, 1.54) is 13.3 Å². The minimum Gasteiger partial charge on any atom is -0.495 e. The van der Waals surface area contributed by atoms with Gasteiger partial charge in [0, 0.05) is 22.9 Å². The number of aromatic nitrogens is 1. The van der Waals surface area contributed by atoms with Gasteiger partial charge in [-0.25, -0.2) is 8.42 Å². The molecule has 0 aliphatic rings. The third kappa shape index (κ3) is 2.41. The molecule has 2 aromatic rings. The van der Waals surface area contributed by atoms with Crippen LogP contribution in [0.5, 0.6) is 5.75 Å². The maximum atomic E-state index is 12.3. The van der Waals surface area contributed by atoms with Gasteiger partial charge in [0.05, 0.1) is 18.0 Å². The first-order chi connectivity index (χ1) is 9.27. The molecule has 7 heteroatoms. The Hall–Kier alpha value is -1.53. The number of halogens is 1. The summed E-state index contributed by atoms with van der Waals surface area (Å²) in [6.45, 7) is 3.75. The number of ether oxygens (including phenoxy) is 1. The van der Waals surface area contributed by atoms with Crippen LogP contribution in [0.1, 0.15) is 19.9 Å². The van der Waals surface area contributed by atoms with Crippen LogP contribution >= 0.6 is 10.7 Å². The van der Waals surface area contributed by atoms with E-state index in [1.807, 2.05) is 13.8 Å². The van der Waals surface area contributed by atoms with Crippen LogP contribution in [0.15, 0.2) is 34.1 Å². The van der Waals surface area contributed by atoms with E-state index >= 15 is 0 Å². The topological polar surface area (TPSA) is 65.4 Å². The van der Waals surface area contributed by atoms with Gasteiger partial charge in [-0.2, -0.15) is 0 Å². The molecule has 0 aliphatic heterocycles. The third-order valence-corrected chi connectivity index (χ3v) is 4.34. The molecule has 0 amide bonds. The Morgan fingerprint density at radius 1 is 1.30 bits per heavy atom.